The summed E-state index contributed by atoms with van der Waals surface area (Å²) in [7, 11) is 0. The van der Waals surface area contributed by atoms with E-state index in [0.29, 0.717) is 17.6 Å². The van der Waals surface area contributed by atoms with Gasteiger partial charge in [0.2, 0.25) is 5.95 Å². The van der Waals surface area contributed by atoms with E-state index in [1.54, 1.807) is 0 Å². The van der Waals surface area contributed by atoms with Crippen molar-refractivity contribution in [2.75, 3.05) is 0 Å². The fourth-order valence-electron chi connectivity index (χ4n) is 7.49. The number of aromatic nitrogens is 4. The Hall–Kier alpha value is -6.91. The number of benzene rings is 8. The maximum Gasteiger partial charge on any atom is 0.238 e. The second kappa shape index (κ2) is 11.9. The van der Waals surface area contributed by atoms with E-state index < -0.39 is 0 Å². The fraction of sp³-hybridized carbons (Fsp3) is 0. The molecule has 0 bridgehead atoms. The molecule has 8 aromatic carbocycles. The minimum Gasteiger partial charge on any atom is -0.277 e. The molecule has 0 aliphatic rings. The third-order valence-corrected chi connectivity index (χ3v) is 9.86. The van der Waals surface area contributed by atoms with Crippen molar-refractivity contribution >= 4 is 43.4 Å². The third kappa shape index (κ3) is 4.88. The van der Waals surface area contributed by atoms with Crippen LogP contribution in [-0.2, 0) is 0 Å². The fourth-order valence-corrected chi connectivity index (χ4v) is 7.49. The number of nitrogens with zero attached hydrogens (tertiary/aromatic N) is 4. The van der Waals surface area contributed by atoms with Crippen LogP contribution in [0, 0.1) is 0 Å². The van der Waals surface area contributed by atoms with Crippen LogP contribution in [0.3, 0.4) is 0 Å². The molecule has 0 saturated carbocycles. The molecule has 4 heteroatoms. The van der Waals surface area contributed by atoms with Gasteiger partial charge in [0.15, 0.2) is 11.6 Å². The Morgan fingerprint density at radius 3 is 1.57 bits per heavy atom. The van der Waals surface area contributed by atoms with Gasteiger partial charge < -0.3 is 0 Å². The van der Waals surface area contributed by atoms with Crippen LogP contribution in [0.25, 0.3) is 94.3 Å². The van der Waals surface area contributed by atoms with Crippen molar-refractivity contribution in [3.05, 3.63) is 182 Å². The van der Waals surface area contributed by atoms with Crippen LogP contribution in [-0.4, -0.2) is 19.5 Å². The Kier molecular flexibility index (Phi) is 6.78. The first-order valence-corrected chi connectivity index (χ1v) is 17.2. The number of para-hydroxylation sites is 1. The average Bonchev–Trinajstić information content (AvgIpc) is 3.56. The van der Waals surface area contributed by atoms with Crippen LogP contribution in [0.5, 0.6) is 0 Å². The summed E-state index contributed by atoms with van der Waals surface area (Å²) in [6, 6.07) is 63.9. The summed E-state index contributed by atoms with van der Waals surface area (Å²) in [5, 5.41) is 7.12. The lowest BCUT2D eigenvalue weighted by atomic mass is 9.91. The maximum atomic E-state index is 5.23. The lowest BCUT2D eigenvalue weighted by molar-refractivity contribution is 0.955. The quantitative estimate of drug-likeness (QED) is 0.186. The largest absolute Gasteiger partial charge is 0.277 e. The van der Waals surface area contributed by atoms with E-state index in [1.807, 2.05) is 18.2 Å². The Morgan fingerprint density at radius 2 is 0.863 bits per heavy atom. The van der Waals surface area contributed by atoms with Crippen molar-refractivity contribution in [1.29, 1.82) is 0 Å². The molecule has 0 saturated heterocycles. The Bertz CT molecular complexity index is 2890. The van der Waals surface area contributed by atoms with Crippen LogP contribution >= 0.6 is 0 Å². The molecule has 0 atom stereocenters. The van der Waals surface area contributed by atoms with Gasteiger partial charge >= 0.3 is 0 Å². The summed E-state index contributed by atoms with van der Waals surface area (Å²) >= 11 is 0. The molecule has 10 rings (SSSR count). The topological polar surface area (TPSA) is 43.6 Å². The normalized spacial score (nSPS) is 11.5. The minimum absolute atomic E-state index is 0.590. The lowest BCUT2D eigenvalue weighted by Crippen LogP contribution is -2.06. The van der Waals surface area contributed by atoms with Crippen molar-refractivity contribution in [2.45, 2.75) is 0 Å². The van der Waals surface area contributed by atoms with E-state index >= 15 is 0 Å². The van der Waals surface area contributed by atoms with E-state index in [9.17, 15) is 0 Å². The maximum absolute atomic E-state index is 5.23. The predicted molar refractivity (Wildman–Crippen MR) is 211 cm³/mol. The Morgan fingerprint density at radius 1 is 0.333 bits per heavy atom. The summed E-state index contributed by atoms with van der Waals surface area (Å²) in [6.07, 6.45) is 0. The molecule has 0 aliphatic carbocycles. The molecular formula is C47H30N4. The van der Waals surface area contributed by atoms with Crippen LogP contribution < -0.4 is 0 Å². The summed E-state index contributed by atoms with van der Waals surface area (Å²) in [6.45, 7) is 0. The van der Waals surface area contributed by atoms with Gasteiger partial charge in [0, 0.05) is 27.3 Å². The molecule has 2 aromatic heterocycles. The van der Waals surface area contributed by atoms with Gasteiger partial charge in [0.05, 0.1) is 11.0 Å². The van der Waals surface area contributed by atoms with Crippen LogP contribution in [0.2, 0.25) is 0 Å². The van der Waals surface area contributed by atoms with Crippen LogP contribution in [0.1, 0.15) is 0 Å². The highest BCUT2D eigenvalue weighted by Crippen LogP contribution is 2.39. The van der Waals surface area contributed by atoms with E-state index in [1.165, 1.54) is 38.2 Å². The van der Waals surface area contributed by atoms with Crippen molar-refractivity contribution < 1.29 is 0 Å². The molecule has 0 spiro atoms. The van der Waals surface area contributed by atoms with Crippen molar-refractivity contribution in [3.63, 3.8) is 0 Å². The molecule has 0 unspecified atom stereocenters. The molecular weight excluding hydrogens is 621 g/mol. The average molecular weight is 651 g/mol. The molecule has 0 N–H and O–H groups in total. The first kappa shape index (κ1) is 29.0. The van der Waals surface area contributed by atoms with Gasteiger partial charge in [-0.1, -0.05) is 176 Å². The molecule has 0 fully saturated rings. The number of rotatable bonds is 5. The predicted octanol–water partition coefficient (Wildman–Crippen LogP) is 11.9. The standard InChI is InChI=1S/C47H30N4/c1-3-13-31(14-4-1)37-22-11-18-34-19-12-23-38(43(34)37)33-25-27-36(28-26-33)46-48-45(35-16-5-2-6-17-35)49-47(50-46)51-42-24-10-9-21-40(42)41-30-29-32-15-7-8-20-39(32)44(41)51/h1-30H. The molecule has 238 valence electrons. The molecule has 0 aliphatic heterocycles. The summed E-state index contributed by atoms with van der Waals surface area (Å²) in [5.41, 5.74) is 8.77. The van der Waals surface area contributed by atoms with Crippen LogP contribution in [0.4, 0.5) is 0 Å². The van der Waals surface area contributed by atoms with Gasteiger partial charge in [-0.2, -0.15) is 9.97 Å². The van der Waals surface area contributed by atoms with Gasteiger partial charge in [-0.25, -0.2) is 4.98 Å². The number of hydrogen-bond donors (Lipinski definition) is 0. The minimum atomic E-state index is 0.590. The molecule has 4 nitrogen and oxygen atoms in total. The highest BCUT2D eigenvalue weighted by atomic mass is 15.2. The monoisotopic (exact) mass is 650 g/mol. The van der Waals surface area contributed by atoms with Gasteiger partial charge in [0.1, 0.15) is 0 Å². The second-order valence-corrected chi connectivity index (χ2v) is 12.8. The van der Waals surface area contributed by atoms with E-state index in [-0.39, 0.29) is 0 Å². The molecule has 10 aromatic rings. The van der Waals surface area contributed by atoms with E-state index in [2.05, 4.69) is 168 Å². The smallest absolute Gasteiger partial charge is 0.238 e. The van der Waals surface area contributed by atoms with E-state index in [0.717, 1.165) is 38.5 Å². The van der Waals surface area contributed by atoms with Gasteiger partial charge in [-0.3, -0.25) is 4.57 Å². The zero-order valence-electron chi connectivity index (χ0n) is 27.6. The van der Waals surface area contributed by atoms with Crippen molar-refractivity contribution in [2.24, 2.45) is 0 Å². The highest BCUT2D eigenvalue weighted by Gasteiger charge is 2.19. The summed E-state index contributed by atoms with van der Waals surface area (Å²) in [4.78, 5) is 15.5. The van der Waals surface area contributed by atoms with E-state index in [4.69, 9.17) is 15.0 Å². The Labute approximate surface area is 295 Å². The number of fused-ring (bicyclic) bond motifs is 6. The zero-order chi connectivity index (χ0) is 33.7. The molecule has 2 heterocycles. The Balaban J connectivity index is 1.17. The zero-order valence-corrected chi connectivity index (χ0v) is 27.6. The third-order valence-electron chi connectivity index (χ3n) is 9.86. The van der Waals surface area contributed by atoms with Gasteiger partial charge in [0.25, 0.3) is 0 Å². The first-order valence-electron chi connectivity index (χ1n) is 17.2. The second-order valence-electron chi connectivity index (χ2n) is 12.8. The van der Waals surface area contributed by atoms with Gasteiger partial charge in [-0.05, 0) is 44.5 Å². The molecule has 0 amide bonds. The highest BCUT2D eigenvalue weighted by molar-refractivity contribution is 6.18. The van der Waals surface area contributed by atoms with Crippen molar-refractivity contribution in [1.82, 2.24) is 19.5 Å². The first-order chi connectivity index (χ1) is 25.3. The lowest BCUT2D eigenvalue weighted by Gasteiger charge is -2.14. The van der Waals surface area contributed by atoms with Crippen LogP contribution in [0.15, 0.2) is 182 Å². The summed E-state index contributed by atoms with van der Waals surface area (Å²) in [5.74, 6) is 1.85. The molecule has 51 heavy (non-hydrogen) atoms. The SMILES string of the molecule is c1ccc(-c2nc(-c3ccc(-c4cccc5cccc(-c6ccccc6)c45)cc3)nc(-n3c4ccccc4c4ccc5ccccc5c43)n2)cc1. The van der Waals surface area contributed by atoms with Gasteiger partial charge in [-0.15, -0.1) is 0 Å². The van der Waals surface area contributed by atoms with Crippen molar-refractivity contribution in [3.8, 4) is 51.0 Å². The number of hydrogen-bond acceptors (Lipinski definition) is 3. The summed E-state index contributed by atoms with van der Waals surface area (Å²) < 4.78 is 2.21. The molecule has 0 radical (unpaired) electrons.